The lowest BCUT2D eigenvalue weighted by atomic mass is 10.2. The molecule has 2 rings (SSSR count). The molecule has 0 amide bonds. The Labute approximate surface area is 82.3 Å². The third-order valence-electron chi connectivity index (χ3n) is 2.12. The third-order valence-corrected chi connectivity index (χ3v) is 2.12. The second-order valence-electron chi connectivity index (χ2n) is 3.28. The van der Waals surface area contributed by atoms with Gasteiger partial charge in [0, 0.05) is 18.3 Å². The van der Waals surface area contributed by atoms with Crippen molar-refractivity contribution in [2.45, 2.75) is 25.5 Å². The summed E-state index contributed by atoms with van der Waals surface area (Å²) in [7, 11) is 0. The van der Waals surface area contributed by atoms with Crippen LogP contribution in [0.1, 0.15) is 24.1 Å². The van der Waals surface area contributed by atoms with Gasteiger partial charge in [-0.25, -0.2) is 4.98 Å². The maximum Gasteiger partial charge on any atom is 0.182 e. The molecule has 14 heavy (non-hydrogen) atoms. The number of rotatable bonds is 3. The Bertz CT molecular complexity index is 379. The van der Waals surface area contributed by atoms with E-state index in [-0.39, 0.29) is 6.10 Å². The zero-order valence-electron chi connectivity index (χ0n) is 7.73. The van der Waals surface area contributed by atoms with Crippen molar-refractivity contribution in [2.75, 3.05) is 0 Å². The highest BCUT2D eigenvalue weighted by Crippen LogP contribution is 2.30. The van der Waals surface area contributed by atoms with E-state index in [0.29, 0.717) is 18.0 Å². The molecule has 4 heteroatoms. The van der Waals surface area contributed by atoms with Crippen molar-refractivity contribution in [1.82, 2.24) is 4.98 Å². The molecule has 0 atom stereocenters. The molecule has 0 radical (unpaired) electrons. The minimum absolute atomic E-state index is 0.261. The number of nitriles is 1. The lowest BCUT2D eigenvalue weighted by molar-refractivity contribution is 0.298. The fraction of sp³-hybridized carbons (Fsp3) is 0.400. The van der Waals surface area contributed by atoms with Crippen molar-refractivity contribution < 1.29 is 4.74 Å². The fourth-order valence-electron chi connectivity index (χ4n) is 1.21. The first-order valence-electron chi connectivity index (χ1n) is 4.60. The monoisotopic (exact) mass is 189 g/mol. The summed E-state index contributed by atoms with van der Waals surface area (Å²) < 4.78 is 5.60. The second kappa shape index (κ2) is 3.64. The summed E-state index contributed by atoms with van der Waals surface area (Å²) in [5.41, 5.74) is 6.74. The Hall–Kier alpha value is -1.60. The first kappa shape index (κ1) is 8.97. The van der Waals surface area contributed by atoms with Crippen molar-refractivity contribution >= 4 is 0 Å². The van der Waals surface area contributed by atoms with E-state index in [4.69, 9.17) is 15.7 Å². The maximum absolute atomic E-state index is 8.84. The van der Waals surface area contributed by atoms with Gasteiger partial charge >= 0.3 is 0 Å². The summed E-state index contributed by atoms with van der Waals surface area (Å²) in [6.07, 6.45) is 3.96. The Morgan fingerprint density at radius 2 is 2.43 bits per heavy atom. The highest BCUT2D eigenvalue weighted by Gasteiger charge is 2.26. The molecule has 0 saturated heterocycles. The van der Waals surface area contributed by atoms with Gasteiger partial charge in [-0.05, 0) is 18.9 Å². The lowest BCUT2D eigenvalue weighted by Crippen LogP contribution is -2.06. The van der Waals surface area contributed by atoms with E-state index in [1.54, 1.807) is 12.3 Å². The van der Waals surface area contributed by atoms with Gasteiger partial charge in [-0.15, -0.1) is 0 Å². The van der Waals surface area contributed by atoms with Crippen molar-refractivity contribution in [3.63, 3.8) is 0 Å². The average molecular weight is 189 g/mol. The summed E-state index contributed by atoms with van der Waals surface area (Å²) in [6, 6.07) is 3.80. The SMILES string of the molecule is N#Cc1nccc(CN)c1OC1CC1. The van der Waals surface area contributed by atoms with Gasteiger partial charge in [-0.3, -0.25) is 0 Å². The Balaban J connectivity index is 2.35. The molecular formula is C10H11N3O. The van der Waals surface area contributed by atoms with Gasteiger partial charge in [-0.1, -0.05) is 0 Å². The van der Waals surface area contributed by atoms with Gasteiger partial charge in [0.2, 0.25) is 0 Å². The Morgan fingerprint density at radius 1 is 1.64 bits per heavy atom. The van der Waals surface area contributed by atoms with Crippen LogP contribution >= 0.6 is 0 Å². The van der Waals surface area contributed by atoms with Crippen molar-refractivity contribution in [1.29, 1.82) is 5.26 Å². The molecule has 1 fully saturated rings. The van der Waals surface area contributed by atoms with E-state index < -0.39 is 0 Å². The van der Waals surface area contributed by atoms with Crippen molar-refractivity contribution in [3.8, 4) is 11.8 Å². The smallest absolute Gasteiger partial charge is 0.182 e. The molecule has 0 aliphatic heterocycles. The molecule has 1 aliphatic carbocycles. The topological polar surface area (TPSA) is 71.9 Å². The van der Waals surface area contributed by atoms with Gasteiger partial charge < -0.3 is 10.5 Å². The maximum atomic E-state index is 8.84. The lowest BCUT2D eigenvalue weighted by Gasteiger charge is -2.09. The summed E-state index contributed by atoms with van der Waals surface area (Å²) in [4.78, 5) is 3.94. The van der Waals surface area contributed by atoms with Gasteiger partial charge in [0.05, 0.1) is 6.10 Å². The minimum Gasteiger partial charge on any atom is -0.487 e. The predicted octanol–water partition coefficient (Wildman–Crippen LogP) is 0.953. The molecule has 0 spiro atoms. The molecule has 1 aromatic heterocycles. The van der Waals surface area contributed by atoms with Crippen molar-refractivity contribution in [3.05, 3.63) is 23.5 Å². The molecule has 1 aromatic rings. The quantitative estimate of drug-likeness (QED) is 0.768. The van der Waals surface area contributed by atoms with E-state index in [9.17, 15) is 0 Å². The third kappa shape index (κ3) is 1.68. The number of pyridine rings is 1. The number of aromatic nitrogens is 1. The summed E-state index contributed by atoms with van der Waals surface area (Å²) in [6.45, 7) is 0.374. The van der Waals surface area contributed by atoms with E-state index in [1.165, 1.54) is 0 Å². The fourth-order valence-corrected chi connectivity index (χ4v) is 1.21. The van der Waals surface area contributed by atoms with Crippen LogP contribution in [0.4, 0.5) is 0 Å². The van der Waals surface area contributed by atoms with Crippen molar-refractivity contribution in [2.24, 2.45) is 5.73 Å². The average Bonchev–Trinajstić information content (AvgIpc) is 3.02. The normalized spacial score (nSPS) is 14.9. The number of hydrogen-bond acceptors (Lipinski definition) is 4. The van der Waals surface area contributed by atoms with Crippen LogP contribution in [0, 0.1) is 11.3 Å². The van der Waals surface area contributed by atoms with Crippen LogP contribution in [0.2, 0.25) is 0 Å². The number of ether oxygens (including phenoxy) is 1. The molecule has 1 heterocycles. The molecule has 0 unspecified atom stereocenters. The zero-order valence-corrected chi connectivity index (χ0v) is 7.73. The molecule has 1 saturated carbocycles. The number of nitrogens with two attached hydrogens (primary N) is 1. The molecule has 2 N–H and O–H groups in total. The van der Waals surface area contributed by atoms with Gasteiger partial charge in [0.1, 0.15) is 6.07 Å². The molecule has 4 nitrogen and oxygen atoms in total. The van der Waals surface area contributed by atoms with Crippen LogP contribution in [0.25, 0.3) is 0 Å². The highest BCUT2D eigenvalue weighted by atomic mass is 16.5. The number of nitrogens with zero attached hydrogens (tertiary/aromatic N) is 2. The minimum atomic E-state index is 0.261. The summed E-state index contributed by atoms with van der Waals surface area (Å²) in [5, 5.41) is 8.84. The van der Waals surface area contributed by atoms with Gasteiger partial charge in [0.25, 0.3) is 0 Å². The van der Waals surface area contributed by atoms with Gasteiger partial charge in [0.15, 0.2) is 11.4 Å². The van der Waals surface area contributed by atoms with Crippen LogP contribution in [0.3, 0.4) is 0 Å². The standard InChI is InChI=1S/C10H11N3O/c11-5-7-3-4-13-9(6-12)10(7)14-8-1-2-8/h3-4,8H,1-2,5,11H2. The zero-order chi connectivity index (χ0) is 9.97. The Kier molecular flexibility index (Phi) is 2.33. The highest BCUT2D eigenvalue weighted by molar-refractivity contribution is 5.43. The van der Waals surface area contributed by atoms with E-state index in [1.807, 2.05) is 6.07 Å². The molecular weight excluding hydrogens is 178 g/mol. The van der Waals surface area contributed by atoms with Crippen LogP contribution < -0.4 is 10.5 Å². The van der Waals surface area contributed by atoms with Crippen LogP contribution in [-0.4, -0.2) is 11.1 Å². The van der Waals surface area contributed by atoms with Gasteiger partial charge in [-0.2, -0.15) is 5.26 Å². The molecule has 0 aromatic carbocycles. The first-order valence-corrected chi connectivity index (χ1v) is 4.60. The number of hydrogen-bond donors (Lipinski definition) is 1. The van der Waals surface area contributed by atoms with E-state index in [0.717, 1.165) is 18.4 Å². The van der Waals surface area contributed by atoms with E-state index >= 15 is 0 Å². The van der Waals surface area contributed by atoms with Crippen LogP contribution in [0.5, 0.6) is 5.75 Å². The van der Waals surface area contributed by atoms with Crippen LogP contribution in [0.15, 0.2) is 12.3 Å². The molecule has 0 bridgehead atoms. The largest absolute Gasteiger partial charge is 0.487 e. The van der Waals surface area contributed by atoms with Crippen LogP contribution in [-0.2, 0) is 6.54 Å². The molecule has 1 aliphatic rings. The first-order chi connectivity index (χ1) is 6.85. The van der Waals surface area contributed by atoms with E-state index in [2.05, 4.69) is 4.98 Å². The predicted molar refractivity (Wildman–Crippen MR) is 50.5 cm³/mol. The second-order valence-corrected chi connectivity index (χ2v) is 3.28. The Morgan fingerprint density at radius 3 is 3.00 bits per heavy atom. The summed E-state index contributed by atoms with van der Waals surface area (Å²) in [5.74, 6) is 0.569. The molecule has 72 valence electrons. The summed E-state index contributed by atoms with van der Waals surface area (Å²) >= 11 is 0.